The summed E-state index contributed by atoms with van der Waals surface area (Å²) in [6.45, 7) is 3.34. The van der Waals surface area contributed by atoms with Gasteiger partial charge < -0.3 is 14.9 Å². The maximum atomic E-state index is 11.8. The molecule has 0 saturated carbocycles. The van der Waals surface area contributed by atoms with Crippen molar-refractivity contribution in [1.29, 1.82) is 0 Å². The first-order valence-corrected chi connectivity index (χ1v) is 5.44. The first-order valence-electron chi connectivity index (χ1n) is 5.44. The highest BCUT2D eigenvalue weighted by Crippen LogP contribution is 2.47. The van der Waals surface area contributed by atoms with E-state index >= 15 is 0 Å². The number of methoxy groups -OCH3 is 1. The van der Waals surface area contributed by atoms with E-state index in [4.69, 9.17) is 9.84 Å². The molecule has 2 rings (SSSR count). The second-order valence-electron chi connectivity index (χ2n) is 4.48. The maximum Gasteiger partial charge on any atom is 0.356 e. The van der Waals surface area contributed by atoms with Crippen molar-refractivity contribution < 1.29 is 24.5 Å². The van der Waals surface area contributed by atoms with Gasteiger partial charge in [-0.3, -0.25) is 9.69 Å². The monoisotopic (exact) mass is 241 g/mol. The van der Waals surface area contributed by atoms with Crippen molar-refractivity contribution >= 4 is 11.9 Å². The Kier molecular flexibility index (Phi) is 2.61. The highest BCUT2D eigenvalue weighted by atomic mass is 16.5. The molecule has 17 heavy (non-hydrogen) atoms. The predicted molar refractivity (Wildman–Crippen MR) is 56.6 cm³/mol. The summed E-state index contributed by atoms with van der Waals surface area (Å²) in [6, 6.07) is -0.302. The smallest absolute Gasteiger partial charge is 0.356 e. The Morgan fingerprint density at radius 2 is 2.12 bits per heavy atom. The van der Waals surface area contributed by atoms with E-state index in [2.05, 4.69) is 0 Å². The third-order valence-electron chi connectivity index (χ3n) is 3.53. The Bertz CT molecular complexity index is 414. The molecule has 0 aromatic carbocycles. The zero-order valence-electron chi connectivity index (χ0n) is 9.88. The fourth-order valence-corrected chi connectivity index (χ4v) is 2.80. The van der Waals surface area contributed by atoms with Gasteiger partial charge in [-0.25, -0.2) is 4.79 Å². The summed E-state index contributed by atoms with van der Waals surface area (Å²) in [5.41, 5.74) is -0.0908. The summed E-state index contributed by atoms with van der Waals surface area (Å²) in [6.07, 6.45) is -0.780. The van der Waals surface area contributed by atoms with Crippen LogP contribution in [0.4, 0.5) is 0 Å². The Hall–Kier alpha value is -1.56. The summed E-state index contributed by atoms with van der Waals surface area (Å²) >= 11 is 0. The molecule has 6 nitrogen and oxygen atoms in total. The van der Waals surface area contributed by atoms with Crippen LogP contribution in [0.25, 0.3) is 0 Å². The van der Waals surface area contributed by atoms with Crippen molar-refractivity contribution in [3.63, 3.8) is 0 Å². The van der Waals surface area contributed by atoms with E-state index in [9.17, 15) is 14.7 Å². The number of aliphatic hydroxyl groups is 1. The molecule has 0 aromatic rings. The van der Waals surface area contributed by atoms with E-state index < -0.39 is 18.0 Å². The van der Waals surface area contributed by atoms with Gasteiger partial charge in [0.25, 0.3) is 0 Å². The molecule has 0 radical (unpaired) electrons. The van der Waals surface area contributed by atoms with Gasteiger partial charge in [-0.2, -0.15) is 0 Å². The summed E-state index contributed by atoms with van der Waals surface area (Å²) in [5, 5.41) is 18.6. The van der Waals surface area contributed by atoms with Crippen LogP contribution in [0.5, 0.6) is 0 Å². The average Bonchev–Trinajstić information content (AvgIpc) is 2.47. The number of nitrogens with zero attached hydrogens (tertiary/aromatic N) is 1. The molecule has 1 unspecified atom stereocenters. The summed E-state index contributed by atoms with van der Waals surface area (Å²) in [4.78, 5) is 24.2. The van der Waals surface area contributed by atoms with Crippen LogP contribution < -0.4 is 0 Å². The fourth-order valence-electron chi connectivity index (χ4n) is 2.80. The van der Waals surface area contributed by atoms with Crippen molar-refractivity contribution in [2.45, 2.75) is 26.0 Å². The van der Waals surface area contributed by atoms with Gasteiger partial charge in [-0.05, 0) is 6.92 Å². The lowest BCUT2D eigenvalue weighted by molar-refractivity contribution is -0.163. The molecule has 1 amide bonds. The second-order valence-corrected chi connectivity index (χ2v) is 4.48. The van der Waals surface area contributed by atoms with Gasteiger partial charge in [0, 0.05) is 5.92 Å². The van der Waals surface area contributed by atoms with E-state index in [-0.39, 0.29) is 23.6 Å². The van der Waals surface area contributed by atoms with Crippen LogP contribution in [0.3, 0.4) is 0 Å². The van der Waals surface area contributed by atoms with Crippen molar-refractivity contribution in [2.75, 3.05) is 7.11 Å². The van der Waals surface area contributed by atoms with Crippen LogP contribution in [0.1, 0.15) is 13.8 Å². The molecule has 2 N–H and O–H groups in total. The van der Waals surface area contributed by atoms with E-state index in [0.717, 1.165) is 0 Å². The predicted octanol–water partition coefficient (Wildman–Crippen LogP) is -0.214. The minimum absolute atomic E-state index is 0.0908. The standard InChI is InChI=1S/C11H15NO5/c1-4-7-6(5(2)13)10(14)12(7)8(11(15)16)9(4)17-3/h4-7,13H,1-3H3,(H,15,16)/t4-,5+,6+,7?/m0/s1. The lowest BCUT2D eigenvalue weighted by Crippen LogP contribution is -2.63. The normalized spacial score (nSPS) is 33.3. The van der Waals surface area contributed by atoms with E-state index in [0.29, 0.717) is 5.76 Å². The van der Waals surface area contributed by atoms with E-state index in [1.54, 1.807) is 6.92 Å². The largest absolute Gasteiger partial charge is 0.498 e. The van der Waals surface area contributed by atoms with Crippen LogP contribution in [0, 0.1) is 11.8 Å². The maximum absolute atomic E-state index is 11.8. The highest BCUT2D eigenvalue weighted by molar-refractivity contribution is 5.99. The lowest BCUT2D eigenvalue weighted by Gasteiger charge is -2.45. The Morgan fingerprint density at radius 3 is 2.53 bits per heavy atom. The molecule has 6 heteroatoms. The van der Waals surface area contributed by atoms with Crippen LogP contribution >= 0.6 is 0 Å². The number of carboxylic acid groups (broad SMARTS) is 1. The number of carbonyl (C=O) groups is 2. The third kappa shape index (κ3) is 1.37. The molecule has 1 fully saturated rings. The van der Waals surface area contributed by atoms with Crippen LogP contribution in [0.15, 0.2) is 11.5 Å². The molecule has 2 heterocycles. The van der Waals surface area contributed by atoms with Crippen LogP contribution in [0.2, 0.25) is 0 Å². The SMILES string of the molecule is COC1=C(C(=O)O)N2C(=O)[C@H]([C@@H](C)O)C2[C@@H]1C. The molecule has 0 bridgehead atoms. The number of aliphatic carboxylic acids is 1. The molecular formula is C11H15NO5. The van der Waals surface area contributed by atoms with Crippen molar-refractivity contribution in [3.8, 4) is 0 Å². The van der Waals surface area contributed by atoms with Gasteiger partial charge in [-0.15, -0.1) is 0 Å². The van der Waals surface area contributed by atoms with Gasteiger partial charge in [0.2, 0.25) is 5.91 Å². The van der Waals surface area contributed by atoms with E-state index in [1.807, 2.05) is 0 Å². The number of fused-ring (bicyclic) bond motifs is 1. The van der Waals surface area contributed by atoms with Gasteiger partial charge >= 0.3 is 5.97 Å². The molecule has 0 aliphatic carbocycles. The number of β-lactam (4-membered cyclic amide) rings is 1. The number of rotatable bonds is 3. The molecule has 0 spiro atoms. The lowest BCUT2D eigenvalue weighted by atomic mass is 9.79. The first-order chi connectivity index (χ1) is 7.91. The molecule has 94 valence electrons. The molecule has 2 aliphatic heterocycles. The Morgan fingerprint density at radius 1 is 1.53 bits per heavy atom. The number of carboxylic acids is 1. The number of aliphatic hydroxyl groups excluding tert-OH is 1. The minimum atomic E-state index is -1.17. The minimum Gasteiger partial charge on any atom is -0.498 e. The zero-order valence-corrected chi connectivity index (χ0v) is 9.88. The fraction of sp³-hybridized carbons (Fsp3) is 0.636. The number of amides is 1. The van der Waals surface area contributed by atoms with Crippen molar-refractivity contribution in [3.05, 3.63) is 11.5 Å². The Balaban J connectivity index is 2.39. The van der Waals surface area contributed by atoms with Crippen LogP contribution in [-0.4, -0.2) is 46.2 Å². The van der Waals surface area contributed by atoms with Crippen molar-refractivity contribution in [2.24, 2.45) is 11.8 Å². The first kappa shape index (κ1) is 11.9. The zero-order chi connectivity index (χ0) is 12.9. The number of ether oxygens (including phenoxy) is 1. The molecule has 4 atom stereocenters. The topological polar surface area (TPSA) is 87.1 Å². The van der Waals surface area contributed by atoms with Crippen molar-refractivity contribution in [1.82, 2.24) is 4.90 Å². The number of carbonyl (C=O) groups excluding carboxylic acids is 1. The van der Waals surface area contributed by atoms with Gasteiger partial charge in [-0.1, -0.05) is 6.92 Å². The highest BCUT2D eigenvalue weighted by Gasteiger charge is 2.60. The summed E-state index contributed by atoms with van der Waals surface area (Å²) in [7, 11) is 1.39. The van der Waals surface area contributed by atoms with E-state index in [1.165, 1.54) is 18.9 Å². The average molecular weight is 241 g/mol. The van der Waals surface area contributed by atoms with Gasteiger partial charge in [0.05, 0.1) is 25.2 Å². The van der Waals surface area contributed by atoms with Crippen LogP contribution in [-0.2, 0) is 14.3 Å². The molecule has 2 aliphatic rings. The second kappa shape index (κ2) is 3.73. The summed E-state index contributed by atoms with van der Waals surface area (Å²) < 4.78 is 5.08. The number of hydrogen-bond acceptors (Lipinski definition) is 4. The number of hydrogen-bond donors (Lipinski definition) is 2. The quantitative estimate of drug-likeness (QED) is 0.667. The summed E-state index contributed by atoms with van der Waals surface area (Å²) in [5.74, 6) is -1.95. The van der Waals surface area contributed by atoms with Gasteiger partial charge in [0.1, 0.15) is 5.76 Å². The molecule has 1 saturated heterocycles. The van der Waals surface area contributed by atoms with Gasteiger partial charge in [0.15, 0.2) is 5.70 Å². The third-order valence-corrected chi connectivity index (χ3v) is 3.53. The Labute approximate surface area is 98.5 Å². The molecular weight excluding hydrogens is 226 g/mol. The molecule has 0 aromatic heterocycles.